The van der Waals surface area contributed by atoms with Gasteiger partial charge in [0.05, 0.1) is 9.67 Å². The van der Waals surface area contributed by atoms with Crippen molar-refractivity contribution in [2.24, 2.45) is 0 Å². The first-order valence-corrected chi connectivity index (χ1v) is 8.05. The van der Waals surface area contributed by atoms with Crippen LogP contribution in [0.25, 0.3) is 0 Å². The third-order valence-corrected chi connectivity index (χ3v) is 3.33. The summed E-state index contributed by atoms with van der Waals surface area (Å²) in [5, 5.41) is 0. The van der Waals surface area contributed by atoms with Crippen LogP contribution in [0.2, 0.25) is 0 Å². The standard InChI is InChI=1S/C16H24INO3/c1-11(2)20-14-8-7-12(9-13(14)17)10-18(6)15(19)21-16(3,4)5/h7-9,11H,10H2,1-6H3. The molecule has 0 N–H and O–H groups in total. The number of benzene rings is 1. The van der Waals surface area contributed by atoms with Crippen LogP contribution in [0.15, 0.2) is 18.2 Å². The maximum atomic E-state index is 11.9. The Morgan fingerprint density at radius 1 is 1.33 bits per heavy atom. The zero-order valence-electron chi connectivity index (χ0n) is 13.6. The number of ether oxygens (including phenoxy) is 2. The lowest BCUT2D eigenvalue weighted by molar-refractivity contribution is 0.0285. The molecule has 0 aliphatic rings. The molecule has 0 bridgehead atoms. The van der Waals surface area contributed by atoms with E-state index in [1.54, 1.807) is 11.9 Å². The van der Waals surface area contributed by atoms with Gasteiger partial charge in [-0.15, -0.1) is 0 Å². The van der Waals surface area contributed by atoms with Crippen LogP contribution in [0, 0.1) is 3.57 Å². The minimum atomic E-state index is -0.477. The molecule has 0 atom stereocenters. The molecular formula is C16H24INO3. The third-order valence-electron chi connectivity index (χ3n) is 2.48. The zero-order chi connectivity index (χ0) is 16.2. The van der Waals surface area contributed by atoms with Gasteiger partial charge in [-0.1, -0.05) is 6.07 Å². The summed E-state index contributed by atoms with van der Waals surface area (Å²) in [6, 6.07) is 5.94. The molecule has 0 saturated heterocycles. The summed E-state index contributed by atoms with van der Waals surface area (Å²) in [4.78, 5) is 13.5. The molecule has 1 rings (SSSR count). The number of hydrogen-bond acceptors (Lipinski definition) is 3. The van der Waals surface area contributed by atoms with Crippen molar-refractivity contribution in [2.45, 2.75) is 52.9 Å². The highest BCUT2D eigenvalue weighted by Gasteiger charge is 2.19. The Kier molecular flexibility index (Phi) is 6.31. The first kappa shape index (κ1) is 18.1. The van der Waals surface area contributed by atoms with Gasteiger partial charge in [0.15, 0.2) is 0 Å². The number of carbonyl (C=O) groups excluding carboxylic acids is 1. The molecule has 5 heteroatoms. The Morgan fingerprint density at radius 2 is 1.95 bits per heavy atom. The lowest BCUT2D eigenvalue weighted by Crippen LogP contribution is -2.33. The molecule has 118 valence electrons. The molecule has 0 radical (unpaired) electrons. The van der Waals surface area contributed by atoms with Crippen molar-refractivity contribution < 1.29 is 14.3 Å². The minimum Gasteiger partial charge on any atom is -0.490 e. The van der Waals surface area contributed by atoms with Gasteiger partial charge in [0.2, 0.25) is 0 Å². The normalized spacial score (nSPS) is 11.4. The Morgan fingerprint density at radius 3 is 2.43 bits per heavy atom. The van der Waals surface area contributed by atoms with E-state index in [4.69, 9.17) is 9.47 Å². The lowest BCUT2D eigenvalue weighted by atomic mass is 10.2. The fourth-order valence-electron chi connectivity index (χ4n) is 1.67. The summed E-state index contributed by atoms with van der Waals surface area (Å²) in [7, 11) is 1.74. The molecule has 0 fully saturated rings. The van der Waals surface area contributed by atoms with Crippen LogP contribution in [0.3, 0.4) is 0 Å². The zero-order valence-corrected chi connectivity index (χ0v) is 15.7. The van der Waals surface area contributed by atoms with E-state index in [1.807, 2.05) is 52.8 Å². The molecular weight excluding hydrogens is 381 g/mol. The summed E-state index contributed by atoms with van der Waals surface area (Å²) < 4.78 is 12.1. The van der Waals surface area contributed by atoms with Gasteiger partial charge in [0.25, 0.3) is 0 Å². The summed E-state index contributed by atoms with van der Waals surface area (Å²) >= 11 is 2.25. The molecule has 0 unspecified atom stereocenters. The number of amides is 1. The quantitative estimate of drug-likeness (QED) is 0.695. The van der Waals surface area contributed by atoms with Crippen molar-refractivity contribution in [2.75, 3.05) is 7.05 Å². The van der Waals surface area contributed by atoms with E-state index in [9.17, 15) is 4.79 Å². The molecule has 4 nitrogen and oxygen atoms in total. The largest absolute Gasteiger partial charge is 0.490 e. The Balaban J connectivity index is 2.71. The number of hydrogen-bond donors (Lipinski definition) is 0. The van der Waals surface area contributed by atoms with Crippen LogP contribution in [-0.2, 0) is 11.3 Å². The summed E-state index contributed by atoms with van der Waals surface area (Å²) in [5.41, 5.74) is 0.568. The van der Waals surface area contributed by atoms with E-state index >= 15 is 0 Å². The number of nitrogens with zero attached hydrogens (tertiary/aromatic N) is 1. The molecule has 0 heterocycles. The van der Waals surface area contributed by atoms with Gasteiger partial charge in [0.1, 0.15) is 11.4 Å². The van der Waals surface area contributed by atoms with E-state index in [0.29, 0.717) is 6.54 Å². The predicted octanol–water partition coefficient (Wildman–Crippen LogP) is 4.45. The van der Waals surface area contributed by atoms with Crippen LogP contribution in [-0.4, -0.2) is 29.7 Å². The Bertz CT molecular complexity index is 495. The highest BCUT2D eigenvalue weighted by molar-refractivity contribution is 14.1. The second-order valence-electron chi connectivity index (χ2n) is 6.27. The van der Waals surface area contributed by atoms with Crippen molar-refractivity contribution in [3.8, 4) is 5.75 Å². The van der Waals surface area contributed by atoms with Gasteiger partial charge in [0, 0.05) is 13.6 Å². The molecule has 0 aromatic heterocycles. The second kappa shape index (κ2) is 7.33. The number of rotatable bonds is 4. The minimum absolute atomic E-state index is 0.147. The molecule has 0 spiro atoms. The van der Waals surface area contributed by atoms with E-state index in [-0.39, 0.29) is 12.2 Å². The summed E-state index contributed by atoms with van der Waals surface area (Å²) in [6.07, 6.45) is -0.172. The first-order chi connectivity index (χ1) is 9.58. The fourth-order valence-corrected chi connectivity index (χ4v) is 2.38. The maximum Gasteiger partial charge on any atom is 0.410 e. The van der Waals surface area contributed by atoms with Gasteiger partial charge < -0.3 is 14.4 Å². The number of halogens is 1. The second-order valence-corrected chi connectivity index (χ2v) is 7.43. The van der Waals surface area contributed by atoms with Gasteiger partial charge in [-0.05, 0) is 74.9 Å². The van der Waals surface area contributed by atoms with Gasteiger partial charge in [-0.2, -0.15) is 0 Å². The lowest BCUT2D eigenvalue weighted by Gasteiger charge is -2.24. The molecule has 0 aliphatic carbocycles. The molecule has 21 heavy (non-hydrogen) atoms. The highest BCUT2D eigenvalue weighted by Crippen LogP contribution is 2.24. The smallest absolute Gasteiger partial charge is 0.410 e. The van der Waals surface area contributed by atoms with Crippen LogP contribution < -0.4 is 4.74 Å². The average molecular weight is 405 g/mol. The SMILES string of the molecule is CC(C)Oc1ccc(CN(C)C(=O)OC(C)(C)C)cc1I. The molecule has 1 amide bonds. The van der Waals surface area contributed by atoms with Gasteiger partial charge in [-0.25, -0.2) is 4.79 Å². The monoisotopic (exact) mass is 405 g/mol. The van der Waals surface area contributed by atoms with Crippen LogP contribution in [0.5, 0.6) is 5.75 Å². The Labute approximate surface area is 140 Å². The van der Waals surface area contributed by atoms with E-state index in [2.05, 4.69) is 22.6 Å². The van der Waals surface area contributed by atoms with E-state index in [0.717, 1.165) is 14.9 Å². The topological polar surface area (TPSA) is 38.8 Å². The van der Waals surface area contributed by atoms with Crippen molar-refractivity contribution in [1.29, 1.82) is 0 Å². The van der Waals surface area contributed by atoms with Crippen molar-refractivity contribution in [3.63, 3.8) is 0 Å². The van der Waals surface area contributed by atoms with Crippen molar-refractivity contribution in [1.82, 2.24) is 4.90 Å². The maximum absolute atomic E-state index is 11.9. The predicted molar refractivity (Wildman–Crippen MR) is 92.6 cm³/mol. The van der Waals surface area contributed by atoms with Crippen molar-refractivity contribution >= 4 is 28.7 Å². The fraction of sp³-hybridized carbons (Fsp3) is 0.562. The van der Waals surface area contributed by atoms with Crippen LogP contribution in [0.1, 0.15) is 40.2 Å². The molecule has 0 aliphatic heterocycles. The summed E-state index contributed by atoms with van der Waals surface area (Å²) in [6.45, 7) is 10.1. The van der Waals surface area contributed by atoms with E-state index in [1.165, 1.54) is 0 Å². The van der Waals surface area contributed by atoms with Crippen LogP contribution >= 0.6 is 22.6 Å². The Hall–Kier alpha value is -0.980. The van der Waals surface area contributed by atoms with Gasteiger partial charge >= 0.3 is 6.09 Å². The van der Waals surface area contributed by atoms with E-state index < -0.39 is 5.60 Å². The van der Waals surface area contributed by atoms with Crippen LogP contribution in [0.4, 0.5) is 4.79 Å². The first-order valence-electron chi connectivity index (χ1n) is 6.97. The summed E-state index contributed by atoms with van der Waals surface area (Å²) in [5.74, 6) is 0.870. The third kappa shape index (κ3) is 6.54. The average Bonchev–Trinajstić information content (AvgIpc) is 2.30. The number of carbonyl (C=O) groups is 1. The van der Waals surface area contributed by atoms with Gasteiger partial charge in [-0.3, -0.25) is 0 Å². The molecule has 1 aromatic carbocycles. The van der Waals surface area contributed by atoms with Crippen molar-refractivity contribution in [3.05, 3.63) is 27.3 Å². The molecule has 1 aromatic rings. The molecule has 0 saturated carbocycles. The highest BCUT2D eigenvalue weighted by atomic mass is 127.